The number of aromatic hydroxyl groups is 2. The molecule has 1 heterocycles. The van der Waals surface area contributed by atoms with Crippen molar-refractivity contribution in [2.75, 3.05) is 11.9 Å². The number of phenolic OH excluding ortho intramolecular Hbond substituents is 2. The molecule has 27 heavy (non-hydrogen) atoms. The van der Waals surface area contributed by atoms with Crippen LogP contribution >= 0.6 is 0 Å². The molecule has 0 amide bonds. The normalized spacial score (nSPS) is 21.5. The van der Waals surface area contributed by atoms with Gasteiger partial charge in [-0.2, -0.15) is 0 Å². The highest BCUT2D eigenvalue weighted by atomic mass is 16.5. The summed E-state index contributed by atoms with van der Waals surface area (Å²) < 4.78 is 5.92. The zero-order valence-corrected chi connectivity index (χ0v) is 14.9. The van der Waals surface area contributed by atoms with Crippen LogP contribution in [0.1, 0.15) is 22.6 Å². The highest BCUT2D eigenvalue weighted by molar-refractivity contribution is 5.62. The molecule has 4 rings (SSSR count). The number of hydrogen-bond acceptors (Lipinski definition) is 5. The average Bonchev–Trinajstić information content (AvgIpc) is 2.80. The van der Waals surface area contributed by atoms with Crippen molar-refractivity contribution in [1.29, 1.82) is 0 Å². The molecule has 0 bridgehead atoms. The Morgan fingerprint density at radius 1 is 0.926 bits per heavy atom. The summed E-state index contributed by atoms with van der Waals surface area (Å²) in [6, 6.07) is 19.2. The van der Waals surface area contributed by atoms with Gasteiger partial charge in [0.25, 0.3) is 0 Å². The van der Waals surface area contributed by atoms with E-state index >= 15 is 0 Å². The van der Waals surface area contributed by atoms with E-state index in [1.165, 1.54) is 6.07 Å². The second kappa shape index (κ2) is 6.52. The van der Waals surface area contributed by atoms with Gasteiger partial charge >= 0.3 is 0 Å². The number of aryl methyl sites for hydroxylation is 1. The van der Waals surface area contributed by atoms with Crippen molar-refractivity contribution in [1.82, 2.24) is 0 Å². The summed E-state index contributed by atoms with van der Waals surface area (Å²) in [5.41, 5.74) is 1.78. The Labute approximate surface area is 157 Å². The van der Waals surface area contributed by atoms with Gasteiger partial charge in [-0.15, -0.1) is 0 Å². The molecule has 2 unspecified atom stereocenters. The van der Waals surface area contributed by atoms with Crippen LogP contribution in [0.5, 0.6) is 17.2 Å². The van der Waals surface area contributed by atoms with Gasteiger partial charge in [-0.1, -0.05) is 42.0 Å². The quantitative estimate of drug-likeness (QED) is 0.520. The third kappa shape index (κ3) is 3.17. The van der Waals surface area contributed by atoms with Crippen LogP contribution in [-0.2, 0) is 5.72 Å². The molecule has 4 N–H and O–H groups in total. The van der Waals surface area contributed by atoms with Crippen LogP contribution in [0.4, 0.5) is 5.69 Å². The molecule has 0 aromatic heterocycles. The first kappa shape index (κ1) is 17.2. The first-order valence-electron chi connectivity index (χ1n) is 8.78. The molecule has 0 aliphatic carbocycles. The minimum Gasteiger partial charge on any atom is -0.508 e. The molecule has 138 valence electrons. The number of fused-ring (bicyclic) bond motifs is 1. The maximum atomic E-state index is 11.8. The van der Waals surface area contributed by atoms with Crippen molar-refractivity contribution in [3.63, 3.8) is 0 Å². The Kier molecular flexibility index (Phi) is 4.16. The Hall–Kier alpha value is -3.18. The molecular formula is C22H21NO4. The molecule has 1 aliphatic rings. The number of benzene rings is 3. The van der Waals surface area contributed by atoms with Gasteiger partial charge < -0.3 is 25.4 Å². The third-order valence-electron chi connectivity index (χ3n) is 4.99. The molecule has 5 nitrogen and oxygen atoms in total. The van der Waals surface area contributed by atoms with Crippen molar-refractivity contribution < 1.29 is 20.1 Å². The molecule has 0 spiro atoms. The van der Waals surface area contributed by atoms with E-state index in [1.807, 2.05) is 31.2 Å². The first-order valence-corrected chi connectivity index (χ1v) is 8.78. The molecular weight excluding hydrogens is 342 g/mol. The number of ether oxygens (including phenoxy) is 1. The fourth-order valence-electron chi connectivity index (χ4n) is 3.44. The first-order chi connectivity index (χ1) is 13.0. The van der Waals surface area contributed by atoms with Gasteiger partial charge in [0.1, 0.15) is 23.9 Å². The topological polar surface area (TPSA) is 82.0 Å². The summed E-state index contributed by atoms with van der Waals surface area (Å²) in [6.45, 7) is 2.19. The molecule has 0 saturated heterocycles. The summed E-state index contributed by atoms with van der Waals surface area (Å²) >= 11 is 0. The van der Waals surface area contributed by atoms with Gasteiger partial charge in [-0.05, 0) is 36.8 Å². The molecule has 5 heteroatoms. The Morgan fingerprint density at radius 3 is 2.30 bits per heavy atom. The minimum absolute atomic E-state index is 0.0949. The maximum Gasteiger partial charge on any atom is 0.172 e. The zero-order chi connectivity index (χ0) is 19.0. The molecule has 3 aromatic carbocycles. The Bertz CT molecular complexity index is 953. The standard InChI is InChI=1S/C22H21NO4/c1-14-2-6-16(7-3-14)22(26)19(15-4-8-17(24)9-5-15)13-27-21-12-18(25)10-11-20(21)23-22/h2-12,19,23-26H,13H2,1H3. The fourth-order valence-corrected chi connectivity index (χ4v) is 3.44. The molecule has 1 aliphatic heterocycles. The molecule has 2 atom stereocenters. The van der Waals surface area contributed by atoms with Crippen LogP contribution in [0.25, 0.3) is 0 Å². The lowest BCUT2D eigenvalue weighted by atomic mass is 9.83. The van der Waals surface area contributed by atoms with Gasteiger partial charge in [0.15, 0.2) is 5.72 Å². The van der Waals surface area contributed by atoms with Crippen molar-refractivity contribution in [2.24, 2.45) is 0 Å². The maximum absolute atomic E-state index is 11.8. The van der Waals surface area contributed by atoms with E-state index in [1.54, 1.807) is 36.4 Å². The van der Waals surface area contributed by atoms with Gasteiger partial charge in [-0.3, -0.25) is 0 Å². The fraction of sp³-hybridized carbons (Fsp3) is 0.182. The number of rotatable bonds is 2. The zero-order valence-electron chi connectivity index (χ0n) is 14.9. The predicted molar refractivity (Wildman–Crippen MR) is 103 cm³/mol. The summed E-state index contributed by atoms with van der Waals surface area (Å²) in [5.74, 6) is 0.281. The molecule has 0 saturated carbocycles. The summed E-state index contributed by atoms with van der Waals surface area (Å²) in [5, 5.41) is 34.4. The van der Waals surface area contributed by atoms with Gasteiger partial charge in [-0.25, -0.2) is 0 Å². The summed E-state index contributed by atoms with van der Waals surface area (Å²) in [4.78, 5) is 0. The lowest BCUT2D eigenvalue weighted by Crippen LogP contribution is -2.42. The van der Waals surface area contributed by atoms with E-state index < -0.39 is 11.6 Å². The van der Waals surface area contributed by atoms with E-state index in [0.29, 0.717) is 17.0 Å². The van der Waals surface area contributed by atoms with E-state index in [0.717, 1.165) is 11.1 Å². The van der Waals surface area contributed by atoms with Crippen LogP contribution in [0, 0.1) is 6.92 Å². The Balaban J connectivity index is 1.85. The van der Waals surface area contributed by atoms with Crippen LogP contribution in [0.3, 0.4) is 0 Å². The average molecular weight is 363 g/mol. The smallest absolute Gasteiger partial charge is 0.172 e. The Morgan fingerprint density at radius 2 is 1.59 bits per heavy atom. The second-order valence-electron chi connectivity index (χ2n) is 6.89. The van der Waals surface area contributed by atoms with Crippen molar-refractivity contribution >= 4 is 5.69 Å². The van der Waals surface area contributed by atoms with Crippen molar-refractivity contribution in [2.45, 2.75) is 18.6 Å². The summed E-state index contributed by atoms with van der Waals surface area (Å²) in [7, 11) is 0. The minimum atomic E-state index is -1.44. The molecule has 3 aromatic rings. The third-order valence-corrected chi connectivity index (χ3v) is 4.99. The highest BCUT2D eigenvalue weighted by Crippen LogP contribution is 2.44. The van der Waals surface area contributed by atoms with E-state index in [4.69, 9.17) is 4.74 Å². The number of anilines is 1. The van der Waals surface area contributed by atoms with Crippen molar-refractivity contribution in [3.8, 4) is 17.2 Å². The van der Waals surface area contributed by atoms with E-state index in [-0.39, 0.29) is 18.1 Å². The number of nitrogens with one attached hydrogen (secondary N) is 1. The lowest BCUT2D eigenvalue weighted by Gasteiger charge is -2.36. The molecule has 0 fully saturated rings. The monoisotopic (exact) mass is 363 g/mol. The predicted octanol–water partition coefficient (Wildman–Crippen LogP) is 3.84. The van der Waals surface area contributed by atoms with E-state index in [9.17, 15) is 15.3 Å². The van der Waals surface area contributed by atoms with Gasteiger partial charge in [0.2, 0.25) is 0 Å². The summed E-state index contributed by atoms with van der Waals surface area (Å²) in [6.07, 6.45) is 0. The van der Waals surface area contributed by atoms with Gasteiger partial charge in [0.05, 0.1) is 11.6 Å². The highest BCUT2D eigenvalue weighted by Gasteiger charge is 2.42. The van der Waals surface area contributed by atoms with Crippen molar-refractivity contribution in [3.05, 3.63) is 83.4 Å². The SMILES string of the molecule is Cc1ccc(C2(O)Nc3ccc(O)cc3OCC2c2ccc(O)cc2)cc1. The van der Waals surface area contributed by atoms with Gasteiger partial charge in [0, 0.05) is 11.6 Å². The number of hydrogen-bond donors (Lipinski definition) is 4. The van der Waals surface area contributed by atoms with Crippen LogP contribution in [0.2, 0.25) is 0 Å². The van der Waals surface area contributed by atoms with Crippen LogP contribution in [-0.4, -0.2) is 21.9 Å². The largest absolute Gasteiger partial charge is 0.508 e. The number of phenols is 2. The van der Waals surface area contributed by atoms with Crippen LogP contribution < -0.4 is 10.1 Å². The lowest BCUT2D eigenvalue weighted by molar-refractivity contribution is 0.0244. The molecule has 0 radical (unpaired) electrons. The van der Waals surface area contributed by atoms with E-state index in [2.05, 4.69) is 5.32 Å². The van der Waals surface area contributed by atoms with Crippen LogP contribution in [0.15, 0.2) is 66.7 Å². The number of aliphatic hydroxyl groups is 1. The second-order valence-corrected chi connectivity index (χ2v) is 6.89.